The van der Waals surface area contributed by atoms with Crippen LogP contribution in [0.2, 0.25) is 0 Å². The van der Waals surface area contributed by atoms with Crippen LogP contribution in [0.15, 0.2) is 0 Å². The Bertz CT molecular complexity index is 296. The lowest BCUT2D eigenvalue weighted by atomic mass is 10.2. The van der Waals surface area contributed by atoms with E-state index < -0.39 is 6.03 Å². The summed E-state index contributed by atoms with van der Waals surface area (Å²) in [4.78, 5) is 25.0. The van der Waals surface area contributed by atoms with E-state index in [1.807, 2.05) is 0 Å². The molecular weight excluding hydrogens is 232 g/mol. The normalized spacial score (nSPS) is 21.6. The molecule has 18 heavy (non-hydrogen) atoms. The highest BCUT2D eigenvalue weighted by molar-refractivity contribution is 5.96. The summed E-state index contributed by atoms with van der Waals surface area (Å²) < 4.78 is 0. The molecule has 1 rings (SSSR count). The Morgan fingerprint density at radius 1 is 1.44 bits per heavy atom. The van der Waals surface area contributed by atoms with Gasteiger partial charge in [-0.25, -0.2) is 4.79 Å². The summed E-state index contributed by atoms with van der Waals surface area (Å²) in [6.07, 6.45) is 2.39. The number of amides is 3. The first-order valence-corrected chi connectivity index (χ1v) is 6.58. The molecule has 1 aliphatic rings. The Morgan fingerprint density at radius 3 is 2.78 bits per heavy atom. The van der Waals surface area contributed by atoms with E-state index in [2.05, 4.69) is 27.8 Å². The fourth-order valence-corrected chi connectivity index (χ4v) is 2.23. The van der Waals surface area contributed by atoms with E-state index in [1.165, 1.54) is 19.9 Å². The molecule has 0 aromatic rings. The van der Waals surface area contributed by atoms with Gasteiger partial charge in [-0.1, -0.05) is 6.92 Å². The molecule has 3 amide bonds. The highest BCUT2D eigenvalue weighted by atomic mass is 16.2. The van der Waals surface area contributed by atoms with Gasteiger partial charge in [-0.05, 0) is 32.9 Å². The van der Waals surface area contributed by atoms with Crippen molar-refractivity contribution in [3.8, 4) is 0 Å². The molecule has 1 saturated heterocycles. The molecule has 1 fully saturated rings. The Kier molecular flexibility index (Phi) is 6.07. The van der Waals surface area contributed by atoms with Crippen LogP contribution >= 0.6 is 0 Å². The van der Waals surface area contributed by atoms with Crippen molar-refractivity contribution in [1.82, 2.24) is 20.9 Å². The van der Waals surface area contributed by atoms with Gasteiger partial charge in [0.25, 0.3) is 0 Å². The second-order valence-electron chi connectivity index (χ2n) is 4.62. The molecule has 104 valence electrons. The van der Waals surface area contributed by atoms with Crippen molar-refractivity contribution in [2.75, 3.05) is 26.7 Å². The average Bonchev–Trinajstić information content (AvgIpc) is 2.82. The van der Waals surface area contributed by atoms with Crippen LogP contribution in [0.1, 0.15) is 26.7 Å². The van der Waals surface area contributed by atoms with Crippen molar-refractivity contribution in [1.29, 1.82) is 0 Å². The number of urea groups is 1. The van der Waals surface area contributed by atoms with Gasteiger partial charge in [0.2, 0.25) is 5.91 Å². The maximum atomic E-state index is 11.6. The van der Waals surface area contributed by atoms with Crippen LogP contribution in [-0.2, 0) is 4.79 Å². The average molecular weight is 256 g/mol. The fourth-order valence-electron chi connectivity index (χ4n) is 2.23. The number of rotatable bonds is 5. The van der Waals surface area contributed by atoms with Gasteiger partial charge in [-0.2, -0.15) is 0 Å². The van der Waals surface area contributed by atoms with Gasteiger partial charge >= 0.3 is 6.03 Å². The SMILES string of the molecule is CCN1CCCC1CNC(C)C(=O)NC(=O)NC. The zero-order valence-electron chi connectivity index (χ0n) is 11.5. The summed E-state index contributed by atoms with van der Waals surface area (Å²) >= 11 is 0. The molecule has 2 unspecified atom stereocenters. The zero-order valence-corrected chi connectivity index (χ0v) is 11.5. The molecule has 1 heterocycles. The van der Waals surface area contributed by atoms with Gasteiger partial charge in [0.05, 0.1) is 6.04 Å². The lowest BCUT2D eigenvalue weighted by molar-refractivity contribution is -0.121. The Balaban J connectivity index is 2.29. The Hall–Kier alpha value is -1.14. The lowest BCUT2D eigenvalue weighted by Gasteiger charge is -2.24. The predicted octanol–water partition coefficient (Wildman–Crippen LogP) is -0.0956. The van der Waals surface area contributed by atoms with Crippen molar-refractivity contribution in [2.45, 2.75) is 38.8 Å². The predicted molar refractivity (Wildman–Crippen MR) is 70.3 cm³/mol. The molecule has 6 nitrogen and oxygen atoms in total. The van der Waals surface area contributed by atoms with Gasteiger partial charge in [0, 0.05) is 19.6 Å². The molecule has 6 heteroatoms. The standard InChI is InChI=1S/C12H24N4O2/c1-4-16-7-5-6-10(16)8-14-9(2)11(17)15-12(18)13-3/h9-10,14H,4-8H2,1-3H3,(H2,13,15,17,18). The summed E-state index contributed by atoms with van der Waals surface area (Å²) in [5.41, 5.74) is 0. The maximum absolute atomic E-state index is 11.6. The fraction of sp³-hybridized carbons (Fsp3) is 0.833. The van der Waals surface area contributed by atoms with Crippen LogP contribution in [0.4, 0.5) is 4.79 Å². The molecule has 3 N–H and O–H groups in total. The van der Waals surface area contributed by atoms with Gasteiger partial charge in [0.15, 0.2) is 0 Å². The summed E-state index contributed by atoms with van der Waals surface area (Å²) in [5, 5.41) is 7.81. The van der Waals surface area contributed by atoms with E-state index in [-0.39, 0.29) is 11.9 Å². The Labute approximate surface area is 108 Å². The summed E-state index contributed by atoms with van der Waals surface area (Å²) in [5.74, 6) is -0.296. The number of hydrogen-bond donors (Lipinski definition) is 3. The van der Waals surface area contributed by atoms with Crippen LogP contribution in [0.3, 0.4) is 0 Å². The number of nitrogens with zero attached hydrogens (tertiary/aromatic N) is 1. The minimum atomic E-state index is -0.468. The number of carbonyl (C=O) groups excluding carboxylic acids is 2. The summed E-state index contributed by atoms with van der Waals surface area (Å²) in [6, 6.07) is -0.323. The van der Waals surface area contributed by atoms with Crippen LogP contribution in [-0.4, -0.2) is 55.6 Å². The smallest absolute Gasteiger partial charge is 0.321 e. The monoisotopic (exact) mass is 256 g/mol. The molecule has 0 saturated carbocycles. The molecule has 0 spiro atoms. The third-order valence-corrected chi connectivity index (χ3v) is 3.42. The number of likely N-dealkylation sites (N-methyl/N-ethyl adjacent to an activating group) is 1. The zero-order chi connectivity index (χ0) is 13.5. The van der Waals surface area contributed by atoms with E-state index in [4.69, 9.17) is 0 Å². The van der Waals surface area contributed by atoms with E-state index in [0.717, 1.165) is 19.6 Å². The topological polar surface area (TPSA) is 73.5 Å². The number of carbonyl (C=O) groups is 2. The number of likely N-dealkylation sites (tertiary alicyclic amines) is 1. The van der Waals surface area contributed by atoms with Crippen molar-refractivity contribution >= 4 is 11.9 Å². The van der Waals surface area contributed by atoms with Crippen LogP contribution in [0.5, 0.6) is 0 Å². The van der Waals surface area contributed by atoms with Gasteiger partial charge in [0.1, 0.15) is 0 Å². The van der Waals surface area contributed by atoms with Crippen molar-refractivity contribution in [2.24, 2.45) is 0 Å². The Morgan fingerprint density at radius 2 is 2.17 bits per heavy atom. The van der Waals surface area contributed by atoms with Crippen molar-refractivity contribution < 1.29 is 9.59 Å². The van der Waals surface area contributed by atoms with Crippen LogP contribution in [0, 0.1) is 0 Å². The molecule has 0 aliphatic carbocycles. The minimum Gasteiger partial charge on any atom is -0.341 e. The lowest BCUT2D eigenvalue weighted by Crippen LogP contribution is -2.50. The molecule has 2 atom stereocenters. The van der Waals surface area contributed by atoms with Gasteiger partial charge < -0.3 is 10.6 Å². The van der Waals surface area contributed by atoms with Gasteiger partial charge in [-0.3, -0.25) is 15.0 Å². The third-order valence-electron chi connectivity index (χ3n) is 3.42. The first kappa shape index (κ1) is 14.9. The molecule has 0 bridgehead atoms. The van der Waals surface area contributed by atoms with E-state index in [0.29, 0.717) is 6.04 Å². The number of imide groups is 1. The van der Waals surface area contributed by atoms with Crippen molar-refractivity contribution in [3.05, 3.63) is 0 Å². The van der Waals surface area contributed by atoms with E-state index >= 15 is 0 Å². The van der Waals surface area contributed by atoms with Crippen LogP contribution in [0.25, 0.3) is 0 Å². The largest absolute Gasteiger partial charge is 0.341 e. The van der Waals surface area contributed by atoms with Gasteiger partial charge in [-0.15, -0.1) is 0 Å². The molecule has 0 aromatic carbocycles. The minimum absolute atomic E-state index is 0.296. The quantitative estimate of drug-likeness (QED) is 0.642. The highest BCUT2D eigenvalue weighted by Gasteiger charge is 2.24. The first-order chi connectivity index (χ1) is 8.58. The molecule has 0 aromatic heterocycles. The molecule has 0 radical (unpaired) electrons. The van der Waals surface area contributed by atoms with Crippen LogP contribution < -0.4 is 16.0 Å². The van der Waals surface area contributed by atoms with Crippen molar-refractivity contribution in [3.63, 3.8) is 0 Å². The summed E-state index contributed by atoms with van der Waals surface area (Å²) in [6.45, 7) is 6.90. The van der Waals surface area contributed by atoms with E-state index in [9.17, 15) is 9.59 Å². The number of nitrogens with one attached hydrogen (secondary N) is 3. The molecular formula is C12H24N4O2. The maximum Gasteiger partial charge on any atom is 0.321 e. The third kappa shape index (κ3) is 4.27. The van der Waals surface area contributed by atoms with E-state index in [1.54, 1.807) is 6.92 Å². The number of hydrogen-bond acceptors (Lipinski definition) is 4. The molecule has 1 aliphatic heterocycles. The summed E-state index contributed by atoms with van der Waals surface area (Å²) in [7, 11) is 1.48. The highest BCUT2D eigenvalue weighted by Crippen LogP contribution is 2.15. The first-order valence-electron chi connectivity index (χ1n) is 6.58. The second-order valence-corrected chi connectivity index (χ2v) is 4.62. The second kappa shape index (κ2) is 7.33.